The molecule has 1 saturated heterocycles. The molecular weight excluding hydrogens is 228 g/mol. The van der Waals surface area contributed by atoms with Crippen LogP contribution in [0.3, 0.4) is 0 Å². The maximum Gasteiger partial charge on any atom is 0.225 e. The Kier molecular flexibility index (Phi) is 3.54. The lowest BCUT2D eigenvalue weighted by Gasteiger charge is -2.45. The minimum absolute atomic E-state index is 0.000341. The van der Waals surface area contributed by atoms with Gasteiger partial charge in [-0.1, -0.05) is 0 Å². The van der Waals surface area contributed by atoms with Gasteiger partial charge in [-0.05, 0) is 27.8 Å². The van der Waals surface area contributed by atoms with Gasteiger partial charge in [0.25, 0.3) is 0 Å². The van der Waals surface area contributed by atoms with Crippen molar-refractivity contribution in [1.29, 1.82) is 0 Å². The Hall–Kier alpha value is -1.20. The van der Waals surface area contributed by atoms with E-state index < -0.39 is 0 Å². The number of anilines is 1. The molecule has 18 heavy (non-hydrogen) atoms. The molecule has 0 amide bonds. The van der Waals surface area contributed by atoms with E-state index in [1.165, 1.54) is 0 Å². The number of likely N-dealkylation sites (N-methyl/N-ethyl adjacent to an activating group) is 1. The van der Waals surface area contributed by atoms with Crippen LogP contribution in [0.4, 0.5) is 5.95 Å². The van der Waals surface area contributed by atoms with Gasteiger partial charge in [-0.3, -0.25) is 4.90 Å². The van der Waals surface area contributed by atoms with E-state index in [1.54, 1.807) is 6.20 Å². The molecule has 0 atom stereocenters. The minimum atomic E-state index is 0.000341. The first-order valence-electron chi connectivity index (χ1n) is 6.33. The summed E-state index contributed by atoms with van der Waals surface area (Å²) in [7, 11) is 2.15. The number of aryl methyl sites for hydroxylation is 1. The molecule has 2 heterocycles. The van der Waals surface area contributed by atoms with Crippen molar-refractivity contribution in [3.63, 3.8) is 0 Å². The third-order valence-corrected chi connectivity index (χ3v) is 3.84. The smallest absolute Gasteiger partial charge is 0.225 e. The Balaban J connectivity index is 2.20. The molecule has 0 aliphatic carbocycles. The average Bonchev–Trinajstić information content (AvgIpc) is 2.32. The van der Waals surface area contributed by atoms with Crippen LogP contribution in [-0.2, 0) is 6.61 Å². The highest BCUT2D eigenvalue weighted by Crippen LogP contribution is 2.22. The number of rotatable bonds is 2. The van der Waals surface area contributed by atoms with E-state index in [2.05, 4.69) is 40.7 Å². The highest BCUT2D eigenvalue weighted by molar-refractivity contribution is 5.34. The topological polar surface area (TPSA) is 52.5 Å². The van der Waals surface area contributed by atoms with E-state index >= 15 is 0 Å². The minimum Gasteiger partial charge on any atom is -0.392 e. The summed E-state index contributed by atoms with van der Waals surface area (Å²) in [5.74, 6) is 0.769. The maximum atomic E-state index is 9.14. The van der Waals surface area contributed by atoms with Gasteiger partial charge in [0.15, 0.2) is 0 Å². The first-order valence-corrected chi connectivity index (χ1v) is 6.33. The van der Waals surface area contributed by atoms with Crippen LogP contribution in [0.25, 0.3) is 0 Å². The van der Waals surface area contributed by atoms with Crippen LogP contribution in [0.1, 0.15) is 25.1 Å². The van der Waals surface area contributed by atoms with E-state index in [-0.39, 0.29) is 12.1 Å². The fraction of sp³-hybridized carbons (Fsp3) is 0.692. The van der Waals surface area contributed by atoms with Gasteiger partial charge in [0, 0.05) is 42.6 Å². The summed E-state index contributed by atoms with van der Waals surface area (Å²) in [5, 5.41) is 9.14. The van der Waals surface area contributed by atoms with Crippen molar-refractivity contribution in [2.75, 3.05) is 31.6 Å². The molecule has 0 bridgehead atoms. The second kappa shape index (κ2) is 4.82. The van der Waals surface area contributed by atoms with E-state index in [9.17, 15) is 0 Å². The summed E-state index contributed by atoms with van der Waals surface area (Å²) in [6.07, 6.45) is 1.73. The highest BCUT2D eigenvalue weighted by Gasteiger charge is 2.32. The Morgan fingerprint density at radius 2 is 2.11 bits per heavy atom. The van der Waals surface area contributed by atoms with E-state index in [4.69, 9.17) is 5.11 Å². The normalized spacial score (nSPS) is 20.2. The summed E-state index contributed by atoms with van der Waals surface area (Å²) in [4.78, 5) is 13.4. The van der Waals surface area contributed by atoms with Crippen molar-refractivity contribution in [2.24, 2.45) is 0 Å². The molecule has 0 unspecified atom stereocenters. The molecule has 5 heteroatoms. The molecule has 1 aromatic heterocycles. The number of aliphatic hydroxyl groups excluding tert-OH is 1. The van der Waals surface area contributed by atoms with Crippen molar-refractivity contribution in [3.05, 3.63) is 17.5 Å². The van der Waals surface area contributed by atoms with E-state index in [0.29, 0.717) is 0 Å². The van der Waals surface area contributed by atoms with Gasteiger partial charge >= 0.3 is 0 Å². The van der Waals surface area contributed by atoms with Gasteiger partial charge in [0.05, 0.1) is 6.61 Å². The molecule has 0 radical (unpaired) electrons. The predicted molar refractivity (Wildman–Crippen MR) is 71.6 cm³/mol. The maximum absolute atomic E-state index is 9.14. The second-order valence-electron chi connectivity index (χ2n) is 5.59. The number of piperazine rings is 1. The molecule has 1 N–H and O–H groups in total. The summed E-state index contributed by atoms with van der Waals surface area (Å²) in [6.45, 7) is 9.25. The summed E-state index contributed by atoms with van der Waals surface area (Å²) >= 11 is 0. The molecule has 2 rings (SSSR count). The number of hydrogen-bond donors (Lipinski definition) is 1. The van der Waals surface area contributed by atoms with Crippen molar-refractivity contribution in [3.8, 4) is 0 Å². The Morgan fingerprint density at radius 3 is 2.67 bits per heavy atom. The molecule has 100 valence electrons. The van der Waals surface area contributed by atoms with Crippen LogP contribution in [0.5, 0.6) is 0 Å². The zero-order valence-electron chi connectivity index (χ0n) is 11.6. The average molecular weight is 250 g/mol. The molecule has 1 fully saturated rings. The molecule has 5 nitrogen and oxygen atoms in total. The fourth-order valence-electron chi connectivity index (χ4n) is 2.20. The van der Waals surface area contributed by atoms with Crippen LogP contribution in [0.15, 0.2) is 6.20 Å². The number of nitrogens with zero attached hydrogens (tertiary/aromatic N) is 4. The summed E-state index contributed by atoms with van der Waals surface area (Å²) in [6, 6.07) is 0. The van der Waals surface area contributed by atoms with Gasteiger partial charge in [-0.2, -0.15) is 0 Å². The van der Waals surface area contributed by atoms with Gasteiger partial charge in [0.1, 0.15) is 0 Å². The van der Waals surface area contributed by atoms with E-state index in [1.807, 2.05) is 6.92 Å². The molecule has 0 aromatic carbocycles. The molecular formula is C13H22N4O. The Morgan fingerprint density at radius 1 is 1.39 bits per heavy atom. The lowest BCUT2D eigenvalue weighted by molar-refractivity contribution is 0.138. The van der Waals surface area contributed by atoms with Gasteiger partial charge in [0.2, 0.25) is 5.95 Å². The summed E-state index contributed by atoms with van der Waals surface area (Å²) < 4.78 is 0. The zero-order chi connectivity index (χ0) is 13.3. The lowest BCUT2D eigenvalue weighted by atomic mass is 10.00. The second-order valence-corrected chi connectivity index (χ2v) is 5.59. The van der Waals surface area contributed by atoms with Crippen LogP contribution in [0, 0.1) is 6.92 Å². The molecule has 1 aliphatic rings. The lowest BCUT2D eigenvalue weighted by Crippen LogP contribution is -2.58. The van der Waals surface area contributed by atoms with E-state index in [0.717, 1.165) is 36.8 Å². The van der Waals surface area contributed by atoms with Crippen LogP contribution < -0.4 is 4.90 Å². The van der Waals surface area contributed by atoms with Crippen molar-refractivity contribution < 1.29 is 5.11 Å². The molecule has 1 aliphatic heterocycles. The predicted octanol–water partition coefficient (Wildman–Crippen LogP) is 0.808. The zero-order valence-corrected chi connectivity index (χ0v) is 11.6. The number of aromatic nitrogens is 2. The quantitative estimate of drug-likeness (QED) is 0.841. The van der Waals surface area contributed by atoms with Crippen molar-refractivity contribution in [1.82, 2.24) is 14.9 Å². The number of hydrogen-bond acceptors (Lipinski definition) is 5. The highest BCUT2D eigenvalue weighted by atomic mass is 16.3. The van der Waals surface area contributed by atoms with Gasteiger partial charge in [-0.15, -0.1) is 0 Å². The van der Waals surface area contributed by atoms with Gasteiger partial charge in [-0.25, -0.2) is 9.97 Å². The molecule has 0 spiro atoms. The SMILES string of the molecule is Cc1nc(N2CCN(C)C(C)(C)C2)ncc1CO. The van der Waals surface area contributed by atoms with Crippen molar-refractivity contribution >= 4 is 5.95 Å². The fourth-order valence-corrected chi connectivity index (χ4v) is 2.20. The largest absolute Gasteiger partial charge is 0.392 e. The molecule has 0 saturated carbocycles. The van der Waals surface area contributed by atoms with Crippen molar-refractivity contribution in [2.45, 2.75) is 32.9 Å². The van der Waals surface area contributed by atoms with Gasteiger partial charge < -0.3 is 10.0 Å². The monoisotopic (exact) mass is 250 g/mol. The van der Waals surface area contributed by atoms with Crippen LogP contribution in [0.2, 0.25) is 0 Å². The summed E-state index contributed by atoms with van der Waals surface area (Å²) in [5.41, 5.74) is 1.79. The first kappa shape index (κ1) is 13.2. The third-order valence-electron chi connectivity index (χ3n) is 3.84. The number of aliphatic hydroxyl groups is 1. The first-order chi connectivity index (χ1) is 8.44. The Labute approximate surface area is 108 Å². The van der Waals surface area contributed by atoms with Crippen LogP contribution in [-0.4, -0.2) is 52.2 Å². The Bertz CT molecular complexity index is 433. The standard InChI is InChI=1S/C13H22N4O/c1-10-11(8-18)7-14-12(15-10)17-6-5-16(4)13(2,3)9-17/h7,18H,5-6,8-9H2,1-4H3. The third kappa shape index (κ3) is 2.47. The van der Waals surface area contributed by atoms with Crippen LogP contribution >= 0.6 is 0 Å². The molecule has 1 aromatic rings.